The van der Waals surface area contributed by atoms with Gasteiger partial charge in [-0.3, -0.25) is 28.1 Å². The Bertz CT molecular complexity index is 1840. The van der Waals surface area contributed by atoms with E-state index >= 15 is 4.39 Å². The molecular weight excluding hydrogens is 669 g/mol. The molecule has 0 saturated carbocycles. The van der Waals surface area contributed by atoms with Gasteiger partial charge in [0.15, 0.2) is 35.6 Å². The number of aliphatic imine (C=N–C) groups is 1. The molecule has 3 aromatic heterocycles. The number of ether oxygens (including phenoxy) is 2. The number of anilines is 1. The van der Waals surface area contributed by atoms with Gasteiger partial charge >= 0.3 is 13.5 Å². The zero-order chi connectivity index (χ0) is 31.0. The van der Waals surface area contributed by atoms with Crippen LogP contribution in [0, 0.1) is 0 Å². The molecule has 236 valence electrons. The Labute approximate surface area is 255 Å². The maximum Gasteiger partial charge on any atom is 0.386 e. The van der Waals surface area contributed by atoms with Gasteiger partial charge in [0, 0.05) is 25.3 Å². The molecule has 2 bridgehead atoms. The highest BCUT2D eigenvalue weighted by atomic mass is 32.7. The number of nitrogen functional groups attached to an aromatic ring is 1. The Hall–Kier alpha value is -2.42. The van der Waals surface area contributed by atoms with E-state index in [2.05, 4.69) is 37.5 Å². The topological polar surface area (TPSA) is 230 Å². The number of nitrogens with one attached hydrogen (secondary N) is 1. The lowest BCUT2D eigenvalue weighted by molar-refractivity contribution is -0.0617. The molecular formula is C21H23FN8O10P2S2. The summed E-state index contributed by atoms with van der Waals surface area (Å²) in [6.07, 6.45) is -6.34. The molecule has 0 aromatic carbocycles. The summed E-state index contributed by atoms with van der Waals surface area (Å²) < 4.78 is 66.1. The Kier molecular flexibility index (Phi) is 7.65. The molecule has 4 aliphatic rings. The second-order valence-electron chi connectivity index (χ2n) is 10.2. The quantitative estimate of drug-likeness (QED) is 0.220. The van der Waals surface area contributed by atoms with Crippen LogP contribution in [0.5, 0.6) is 0 Å². The molecule has 9 atom stereocenters. The summed E-state index contributed by atoms with van der Waals surface area (Å²) in [6, 6.07) is 1.50. The number of halogens is 1. The standard InChI is InChI=1S/C21H23FN8O10P2S2/c22-13-15-12(38-20(13)29-4-2-9-10(31)1-3-24-16(9)29)7-36-41(33,43)39-11-5-8(6-35-42(34,44)40-15)37-19(11)30-17-14(27-28-30)18(32)26-21(23)25-17/h2-4,8,11-13,15,19-20H,1,5-7H2,(H,33,43)(H,34,44)(H3,23,25,26,32)/t8-,11+,12+,13-,15+,19+,20+,41?,42?/m0/s1. The number of aromatic nitrogens is 6. The minimum absolute atomic E-state index is 0.00306. The van der Waals surface area contributed by atoms with Crippen molar-refractivity contribution in [3.63, 3.8) is 0 Å². The minimum atomic E-state index is -4.24. The van der Waals surface area contributed by atoms with Gasteiger partial charge in [-0.25, -0.2) is 13.9 Å². The number of Topliss-reactive ketones (excluding diaryl/α,β-unsaturated/α-hetero) is 1. The highest BCUT2D eigenvalue weighted by molar-refractivity contribution is 8.44. The third kappa shape index (κ3) is 5.49. The Balaban J connectivity index is 1.18. The molecule has 3 saturated heterocycles. The van der Waals surface area contributed by atoms with Gasteiger partial charge in [-0.05, 0) is 17.9 Å². The maximum absolute atomic E-state index is 16.0. The summed E-state index contributed by atoms with van der Waals surface area (Å²) in [6.45, 7) is -9.32. The predicted octanol–water partition coefficient (Wildman–Crippen LogP) is 1.48. The molecule has 2 unspecified atom stereocenters. The van der Waals surface area contributed by atoms with Crippen molar-refractivity contribution in [2.75, 3.05) is 18.9 Å². The molecule has 7 heterocycles. The summed E-state index contributed by atoms with van der Waals surface area (Å²) in [5.74, 6) is -0.221. The van der Waals surface area contributed by atoms with Gasteiger partial charge in [-0.15, -0.1) is 5.10 Å². The zero-order valence-electron chi connectivity index (χ0n) is 22.1. The summed E-state index contributed by atoms with van der Waals surface area (Å²) in [4.78, 5) is 46.0. The monoisotopic (exact) mass is 692 g/mol. The average Bonchev–Trinajstić information content (AvgIpc) is 3.72. The van der Waals surface area contributed by atoms with Crippen molar-refractivity contribution in [1.29, 1.82) is 0 Å². The number of carbonyl (C=O) groups is 1. The average molecular weight is 693 g/mol. The van der Waals surface area contributed by atoms with Crippen molar-refractivity contribution < 1.29 is 46.2 Å². The van der Waals surface area contributed by atoms with Crippen LogP contribution in [0.2, 0.25) is 0 Å². The molecule has 44 heavy (non-hydrogen) atoms. The van der Waals surface area contributed by atoms with Crippen LogP contribution >= 0.6 is 25.8 Å². The zero-order valence-corrected chi connectivity index (χ0v) is 25.6. The molecule has 23 heteroatoms. The van der Waals surface area contributed by atoms with Gasteiger partial charge in [0.05, 0.1) is 24.9 Å². The lowest BCUT2D eigenvalue weighted by atomic mass is 10.1. The molecule has 3 fully saturated rings. The number of H-pyrrole nitrogens is 1. The van der Waals surface area contributed by atoms with E-state index in [-0.39, 0.29) is 48.2 Å². The number of alkyl halides is 1. The van der Waals surface area contributed by atoms with Crippen LogP contribution in [-0.2, 0) is 43.9 Å². The van der Waals surface area contributed by atoms with E-state index in [1.807, 2.05) is 0 Å². The van der Waals surface area contributed by atoms with Crippen LogP contribution in [-0.4, -0.2) is 90.2 Å². The van der Waals surface area contributed by atoms with Crippen molar-refractivity contribution >= 4 is 72.5 Å². The molecule has 18 nitrogen and oxygen atoms in total. The highest BCUT2D eigenvalue weighted by Gasteiger charge is 2.52. The fraction of sp³-hybridized carbons (Fsp3) is 0.524. The number of nitrogens with two attached hydrogens (primary N) is 1. The third-order valence-corrected chi connectivity index (χ3v) is 10.5. The number of thiol groups is 1. The number of rotatable bonds is 2. The number of aromatic amines is 1. The minimum Gasteiger partial charge on any atom is -0.369 e. The normalized spacial score (nSPS) is 37.7. The lowest BCUT2D eigenvalue weighted by Crippen LogP contribution is -2.34. The van der Waals surface area contributed by atoms with Crippen LogP contribution in [0.4, 0.5) is 16.2 Å². The fourth-order valence-corrected chi connectivity index (χ4v) is 8.34. The van der Waals surface area contributed by atoms with Crippen molar-refractivity contribution in [3.05, 3.63) is 28.2 Å². The van der Waals surface area contributed by atoms with Crippen molar-refractivity contribution in [3.8, 4) is 0 Å². The van der Waals surface area contributed by atoms with Crippen LogP contribution in [0.3, 0.4) is 0 Å². The Morgan fingerprint density at radius 3 is 2.82 bits per heavy atom. The van der Waals surface area contributed by atoms with Gasteiger partial charge in [0.25, 0.3) is 5.56 Å². The second kappa shape index (κ2) is 11.1. The first kappa shape index (κ1) is 30.2. The summed E-state index contributed by atoms with van der Waals surface area (Å²) >= 11 is 9.28. The highest BCUT2D eigenvalue weighted by Crippen LogP contribution is 2.58. The Morgan fingerprint density at radius 2 is 2.00 bits per heavy atom. The van der Waals surface area contributed by atoms with Gasteiger partial charge in [-0.2, -0.15) is 9.67 Å². The number of ketones is 1. The van der Waals surface area contributed by atoms with Gasteiger partial charge in [0.1, 0.15) is 24.1 Å². The summed E-state index contributed by atoms with van der Waals surface area (Å²) in [5, 5.41) is 7.76. The van der Waals surface area contributed by atoms with Crippen LogP contribution in [0.25, 0.3) is 11.2 Å². The van der Waals surface area contributed by atoms with Gasteiger partial charge in [0.2, 0.25) is 5.95 Å². The van der Waals surface area contributed by atoms with Crippen LogP contribution in [0.15, 0.2) is 22.1 Å². The Morgan fingerprint density at radius 1 is 1.18 bits per heavy atom. The van der Waals surface area contributed by atoms with Crippen molar-refractivity contribution in [1.82, 2.24) is 29.5 Å². The summed E-state index contributed by atoms with van der Waals surface area (Å²) in [5.41, 5.74) is 5.15. The second-order valence-corrected chi connectivity index (χ2v) is 15.9. The van der Waals surface area contributed by atoms with Crippen molar-refractivity contribution in [2.24, 2.45) is 4.99 Å². The third-order valence-electron chi connectivity index (χ3n) is 7.31. The van der Waals surface area contributed by atoms with E-state index in [4.69, 9.17) is 45.1 Å². The number of fused-ring (bicyclic) bond motifs is 5. The largest absolute Gasteiger partial charge is 0.386 e. The smallest absolute Gasteiger partial charge is 0.369 e. The molecule has 7 rings (SSSR count). The molecule has 3 aromatic rings. The van der Waals surface area contributed by atoms with E-state index in [0.717, 1.165) is 4.68 Å². The molecule has 0 aliphatic carbocycles. The molecule has 0 radical (unpaired) electrons. The first-order chi connectivity index (χ1) is 20.9. The van der Waals surface area contributed by atoms with Crippen molar-refractivity contribution in [2.45, 2.75) is 55.9 Å². The van der Waals surface area contributed by atoms with Crippen LogP contribution in [0.1, 0.15) is 35.7 Å². The molecule has 4 aliphatic heterocycles. The molecule has 4 N–H and O–H groups in total. The first-order valence-corrected chi connectivity index (χ1v) is 18.3. The van der Waals surface area contributed by atoms with E-state index in [0.29, 0.717) is 5.56 Å². The lowest BCUT2D eigenvalue weighted by Gasteiger charge is -2.26. The number of nitrogens with zero attached hydrogens (tertiary/aromatic N) is 6. The maximum atomic E-state index is 16.0. The predicted molar refractivity (Wildman–Crippen MR) is 154 cm³/mol. The first-order valence-electron chi connectivity index (χ1n) is 13.0. The van der Waals surface area contributed by atoms with E-state index in [1.54, 1.807) is 0 Å². The summed E-state index contributed by atoms with van der Waals surface area (Å²) in [7, 11) is 0. The fourth-order valence-electron chi connectivity index (χ4n) is 5.39. The van der Waals surface area contributed by atoms with Gasteiger partial charge in [-0.1, -0.05) is 17.5 Å². The SMILES string of the molecule is Nc1nc2c(nnn2[C@@H]2O[C@@H]3COP(O)(=S)O[C@H]4[C@H](F)[C@H](n5ccc6c5N=CCC6=O)O[C@@H]4COP(=O)(S)O[C@@H]2C3)c(=O)[nH]1. The number of hydrogen-bond donors (Lipinski definition) is 4. The number of carbonyl (C=O) groups excluding carboxylic acids is 1. The molecule has 0 amide bonds. The van der Waals surface area contributed by atoms with E-state index < -0.39 is 68.7 Å². The van der Waals surface area contributed by atoms with E-state index in [1.165, 1.54) is 23.0 Å². The van der Waals surface area contributed by atoms with Crippen LogP contribution < -0.4 is 11.3 Å². The molecule has 0 spiro atoms. The number of hydrogen-bond acceptors (Lipinski definition) is 15. The van der Waals surface area contributed by atoms with E-state index in [9.17, 15) is 19.0 Å². The van der Waals surface area contributed by atoms with Gasteiger partial charge < -0.3 is 29.2 Å².